The van der Waals surface area contributed by atoms with Crippen LogP contribution in [0.25, 0.3) is 0 Å². The third-order valence-corrected chi connectivity index (χ3v) is 3.79. The molecule has 0 aromatic heterocycles. The van der Waals surface area contributed by atoms with Crippen molar-refractivity contribution >= 4 is 40.2 Å². The largest absolute Gasteiger partial charge is 0.481 e. The molecule has 0 aliphatic rings. The van der Waals surface area contributed by atoms with Crippen molar-refractivity contribution < 1.29 is 14.7 Å². The van der Waals surface area contributed by atoms with Gasteiger partial charge in [0.2, 0.25) is 5.91 Å². The molecule has 6 heteroatoms. The quantitative estimate of drug-likeness (QED) is 0.732. The Balaban J connectivity index is 2.60. The SMILES string of the molecule is CC(CN(C)C(C)C(=O)Nc1cccc(I)c1)C(=O)O. The van der Waals surface area contributed by atoms with Crippen LogP contribution in [0.1, 0.15) is 13.8 Å². The van der Waals surface area contributed by atoms with Crippen LogP contribution in [0.2, 0.25) is 0 Å². The summed E-state index contributed by atoms with van der Waals surface area (Å²) < 4.78 is 1.04. The predicted octanol–water partition coefficient (Wildman–Crippen LogP) is 2.27. The number of carboxylic acids is 1. The van der Waals surface area contributed by atoms with Crippen LogP contribution < -0.4 is 5.32 Å². The molecule has 2 unspecified atom stereocenters. The highest BCUT2D eigenvalue weighted by molar-refractivity contribution is 14.1. The zero-order valence-electron chi connectivity index (χ0n) is 11.8. The average molecular weight is 390 g/mol. The van der Waals surface area contributed by atoms with Crippen LogP contribution in [0.4, 0.5) is 5.69 Å². The number of carboxylic acid groups (broad SMARTS) is 1. The first-order valence-corrected chi connectivity index (χ1v) is 7.38. The monoisotopic (exact) mass is 390 g/mol. The topological polar surface area (TPSA) is 69.6 Å². The summed E-state index contributed by atoms with van der Waals surface area (Å²) in [6.45, 7) is 3.72. The lowest BCUT2D eigenvalue weighted by Gasteiger charge is -2.25. The molecule has 0 saturated carbocycles. The summed E-state index contributed by atoms with van der Waals surface area (Å²) in [4.78, 5) is 24.7. The van der Waals surface area contributed by atoms with Gasteiger partial charge in [0.25, 0.3) is 0 Å². The summed E-state index contributed by atoms with van der Waals surface area (Å²) in [7, 11) is 1.75. The van der Waals surface area contributed by atoms with Crippen LogP contribution in [0, 0.1) is 9.49 Å². The summed E-state index contributed by atoms with van der Waals surface area (Å²) in [5.74, 6) is -1.51. The molecular formula is C14H19IN2O3. The van der Waals surface area contributed by atoms with Gasteiger partial charge in [-0.2, -0.15) is 0 Å². The van der Waals surface area contributed by atoms with Crippen LogP contribution in [-0.4, -0.2) is 41.5 Å². The lowest BCUT2D eigenvalue weighted by Crippen LogP contribution is -2.42. The number of benzene rings is 1. The van der Waals surface area contributed by atoms with Crippen LogP contribution in [0.3, 0.4) is 0 Å². The number of likely N-dealkylation sites (N-methyl/N-ethyl adjacent to an activating group) is 1. The smallest absolute Gasteiger partial charge is 0.307 e. The third kappa shape index (κ3) is 5.09. The molecular weight excluding hydrogens is 371 g/mol. The first-order chi connectivity index (χ1) is 9.31. The van der Waals surface area contributed by atoms with Crippen LogP contribution >= 0.6 is 22.6 Å². The standard InChI is InChI=1S/C14H19IN2O3/c1-9(14(19)20)8-17(3)10(2)13(18)16-12-6-4-5-11(15)7-12/h4-7,9-10H,8H2,1-3H3,(H,16,18)(H,19,20). The van der Waals surface area contributed by atoms with Gasteiger partial charge in [0, 0.05) is 15.8 Å². The number of anilines is 1. The lowest BCUT2D eigenvalue weighted by atomic mass is 10.1. The van der Waals surface area contributed by atoms with Gasteiger partial charge < -0.3 is 10.4 Å². The molecule has 20 heavy (non-hydrogen) atoms. The molecule has 2 N–H and O–H groups in total. The Morgan fingerprint density at radius 1 is 1.40 bits per heavy atom. The molecule has 0 bridgehead atoms. The number of halogens is 1. The fourth-order valence-corrected chi connectivity index (χ4v) is 2.22. The third-order valence-electron chi connectivity index (χ3n) is 3.12. The number of rotatable bonds is 6. The number of carbonyl (C=O) groups is 2. The van der Waals surface area contributed by atoms with Gasteiger partial charge in [0.05, 0.1) is 12.0 Å². The molecule has 0 aliphatic carbocycles. The molecule has 0 aliphatic heterocycles. The second kappa shape index (κ2) is 7.58. The Morgan fingerprint density at radius 3 is 2.60 bits per heavy atom. The van der Waals surface area contributed by atoms with Crippen molar-refractivity contribution in [3.63, 3.8) is 0 Å². The molecule has 2 atom stereocenters. The van der Waals surface area contributed by atoms with Crippen molar-refractivity contribution in [1.29, 1.82) is 0 Å². The second-order valence-electron chi connectivity index (χ2n) is 4.85. The van der Waals surface area contributed by atoms with E-state index in [4.69, 9.17) is 5.11 Å². The van der Waals surface area contributed by atoms with Gasteiger partial charge in [0.15, 0.2) is 0 Å². The van der Waals surface area contributed by atoms with Crippen LogP contribution in [-0.2, 0) is 9.59 Å². The number of carbonyl (C=O) groups excluding carboxylic acids is 1. The van der Waals surface area contributed by atoms with E-state index in [1.165, 1.54) is 0 Å². The minimum atomic E-state index is -0.859. The number of hydrogen-bond acceptors (Lipinski definition) is 3. The van der Waals surface area contributed by atoms with Gasteiger partial charge in [-0.05, 0) is 54.8 Å². The van der Waals surface area contributed by atoms with Crippen molar-refractivity contribution in [1.82, 2.24) is 4.90 Å². The average Bonchev–Trinajstić information content (AvgIpc) is 2.37. The Hall–Kier alpha value is -1.15. The summed E-state index contributed by atoms with van der Waals surface area (Å²) >= 11 is 2.18. The van der Waals surface area contributed by atoms with E-state index in [0.717, 1.165) is 9.26 Å². The maximum absolute atomic E-state index is 12.1. The van der Waals surface area contributed by atoms with E-state index in [1.807, 2.05) is 24.3 Å². The molecule has 110 valence electrons. The molecule has 0 radical (unpaired) electrons. The van der Waals surface area contributed by atoms with Crippen molar-refractivity contribution in [3.8, 4) is 0 Å². The summed E-state index contributed by atoms with van der Waals surface area (Å²) in [6, 6.07) is 7.13. The number of amides is 1. The first-order valence-electron chi connectivity index (χ1n) is 6.30. The summed E-state index contributed by atoms with van der Waals surface area (Å²) in [5.41, 5.74) is 0.744. The van der Waals surface area contributed by atoms with E-state index in [-0.39, 0.29) is 5.91 Å². The van der Waals surface area contributed by atoms with E-state index >= 15 is 0 Å². The molecule has 0 fully saturated rings. The molecule has 0 spiro atoms. The van der Waals surface area contributed by atoms with Gasteiger partial charge in [-0.3, -0.25) is 14.5 Å². The maximum atomic E-state index is 12.1. The molecule has 0 heterocycles. The molecule has 1 aromatic carbocycles. The van der Waals surface area contributed by atoms with Gasteiger partial charge in [-0.1, -0.05) is 13.0 Å². The van der Waals surface area contributed by atoms with Crippen molar-refractivity contribution in [2.45, 2.75) is 19.9 Å². The van der Waals surface area contributed by atoms with Gasteiger partial charge in [-0.25, -0.2) is 0 Å². The molecule has 1 rings (SSSR count). The zero-order valence-corrected chi connectivity index (χ0v) is 13.9. The second-order valence-corrected chi connectivity index (χ2v) is 6.10. The van der Waals surface area contributed by atoms with Gasteiger partial charge in [-0.15, -0.1) is 0 Å². The Bertz CT molecular complexity index is 493. The highest BCUT2D eigenvalue weighted by Crippen LogP contribution is 2.13. The van der Waals surface area contributed by atoms with E-state index < -0.39 is 17.9 Å². The Morgan fingerprint density at radius 2 is 2.05 bits per heavy atom. The summed E-state index contributed by atoms with van der Waals surface area (Å²) in [5, 5.41) is 11.7. The van der Waals surface area contributed by atoms with Gasteiger partial charge >= 0.3 is 5.97 Å². The van der Waals surface area contributed by atoms with E-state index in [9.17, 15) is 9.59 Å². The minimum Gasteiger partial charge on any atom is -0.481 e. The Labute approximate surface area is 132 Å². The fraction of sp³-hybridized carbons (Fsp3) is 0.429. The number of hydrogen-bond donors (Lipinski definition) is 2. The van der Waals surface area contributed by atoms with E-state index in [2.05, 4.69) is 27.9 Å². The highest BCUT2D eigenvalue weighted by Gasteiger charge is 2.22. The number of nitrogens with zero attached hydrogens (tertiary/aromatic N) is 1. The maximum Gasteiger partial charge on any atom is 0.307 e. The molecule has 1 aromatic rings. The zero-order chi connectivity index (χ0) is 15.3. The van der Waals surface area contributed by atoms with Gasteiger partial charge in [0.1, 0.15) is 0 Å². The normalized spacial score (nSPS) is 13.8. The van der Waals surface area contributed by atoms with Crippen LogP contribution in [0.15, 0.2) is 24.3 Å². The van der Waals surface area contributed by atoms with Crippen molar-refractivity contribution in [2.24, 2.45) is 5.92 Å². The van der Waals surface area contributed by atoms with E-state index in [0.29, 0.717) is 6.54 Å². The summed E-state index contributed by atoms with van der Waals surface area (Å²) in [6.07, 6.45) is 0. The highest BCUT2D eigenvalue weighted by atomic mass is 127. The molecule has 0 saturated heterocycles. The number of nitrogens with one attached hydrogen (secondary N) is 1. The van der Waals surface area contributed by atoms with Crippen molar-refractivity contribution in [3.05, 3.63) is 27.8 Å². The Kier molecular flexibility index (Phi) is 6.41. The fourth-order valence-electron chi connectivity index (χ4n) is 1.68. The minimum absolute atomic E-state index is 0.146. The van der Waals surface area contributed by atoms with Crippen LogP contribution in [0.5, 0.6) is 0 Å². The van der Waals surface area contributed by atoms with E-state index in [1.54, 1.807) is 25.8 Å². The predicted molar refractivity (Wildman–Crippen MR) is 86.7 cm³/mol. The number of aliphatic carboxylic acids is 1. The lowest BCUT2D eigenvalue weighted by molar-refractivity contribution is -0.142. The first kappa shape index (κ1) is 16.9. The molecule has 1 amide bonds. The molecule has 5 nitrogen and oxygen atoms in total. The van der Waals surface area contributed by atoms with Crippen molar-refractivity contribution in [2.75, 3.05) is 18.9 Å².